The predicted molar refractivity (Wildman–Crippen MR) is 66.3 cm³/mol. The summed E-state index contributed by atoms with van der Waals surface area (Å²) in [6, 6.07) is 2.64. The van der Waals surface area contributed by atoms with Crippen molar-refractivity contribution >= 4 is 0 Å². The van der Waals surface area contributed by atoms with Crippen molar-refractivity contribution in [3.63, 3.8) is 0 Å². The lowest BCUT2D eigenvalue weighted by atomic mass is 9.74. The van der Waals surface area contributed by atoms with Gasteiger partial charge < -0.3 is 10.4 Å². The molecule has 1 saturated heterocycles. The molecule has 0 amide bonds. The van der Waals surface area contributed by atoms with Crippen LogP contribution in [0.2, 0.25) is 0 Å². The summed E-state index contributed by atoms with van der Waals surface area (Å²) in [5, 5.41) is 13.9. The monoisotopic (exact) mass is 255 g/mol. The van der Waals surface area contributed by atoms with Gasteiger partial charge in [0.15, 0.2) is 0 Å². The fourth-order valence-electron chi connectivity index (χ4n) is 2.79. The number of hydrogen-bond donors (Lipinski definition) is 2. The number of benzene rings is 1. The summed E-state index contributed by atoms with van der Waals surface area (Å²) >= 11 is 0. The van der Waals surface area contributed by atoms with Crippen molar-refractivity contribution < 1.29 is 13.9 Å². The first kappa shape index (κ1) is 13.4. The molecule has 1 fully saturated rings. The molecule has 2 N–H and O–H groups in total. The van der Waals surface area contributed by atoms with Crippen LogP contribution in [0.5, 0.6) is 0 Å². The smallest absolute Gasteiger partial charge is 0.135 e. The van der Waals surface area contributed by atoms with Crippen LogP contribution in [-0.4, -0.2) is 18.2 Å². The van der Waals surface area contributed by atoms with Gasteiger partial charge in [0.25, 0.3) is 0 Å². The van der Waals surface area contributed by atoms with Gasteiger partial charge >= 0.3 is 0 Å². The quantitative estimate of drug-likeness (QED) is 0.851. The zero-order valence-electron chi connectivity index (χ0n) is 10.8. The van der Waals surface area contributed by atoms with E-state index in [0.29, 0.717) is 31.5 Å². The van der Waals surface area contributed by atoms with Crippen LogP contribution in [0.25, 0.3) is 0 Å². The maximum absolute atomic E-state index is 14.2. The number of aliphatic hydroxyl groups is 1. The fourth-order valence-corrected chi connectivity index (χ4v) is 2.79. The van der Waals surface area contributed by atoms with E-state index >= 15 is 0 Å². The van der Waals surface area contributed by atoms with Gasteiger partial charge in [-0.1, -0.05) is 13.0 Å². The third kappa shape index (κ3) is 2.04. The lowest BCUT2D eigenvalue weighted by Crippen LogP contribution is -2.48. The van der Waals surface area contributed by atoms with Crippen LogP contribution in [-0.2, 0) is 5.60 Å². The lowest BCUT2D eigenvalue weighted by molar-refractivity contribution is -0.0533. The van der Waals surface area contributed by atoms with Gasteiger partial charge in [0, 0.05) is 12.5 Å². The van der Waals surface area contributed by atoms with Crippen molar-refractivity contribution in [2.45, 2.75) is 32.3 Å². The Labute approximate surface area is 106 Å². The topological polar surface area (TPSA) is 32.3 Å². The highest BCUT2D eigenvalue weighted by Crippen LogP contribution is 2.40. The van der Waals surface area contributed by atoms with Gasteiger partial charge in [-0.15, -0.1) is 0 Å². The van der Waals surface area contributed by atoms with Gasteiger partial charge in [-0.3, -0.25) is 0 Å². The molecular weight excluding hydrogens is 236 g/mol. The van der Waals surface area contributed by atoms with Gasteiger partial charge in [0.05, 0.1) is 5.56 Å². The molecule has 4 heteroatoms. The van der Waals surface area contributed by atoms with Gasteiger partial charge in [-0.2, -0.15) is 0 Å². The molecule has 2 atom stereocenters. The highest BCUT2D eigenvalue weighted by Gasteiger charge is 2.43. The Morgan fingerprint density at radius 2 is 2.17 bits per heavy atom. The van der Waals surface area contributed by atoms with E-state index in [1.165, 1.54) is 12.1 Å². The van der Waals surface area contributed by atoms with Crippen molar-refractivity contribution in [3.8, 4) is 0 Å². The van der Waals surface area contributed by atoms with E-state index in [0.717, 1.165) is 0 Å². The van der Waals surface area contributed by atoms with Crippen molar-refractivity contribution in [2.75, 3.05) is 13.1 Å². The van der Waals surface area contributed by atoms with Crippen LogP contribution < -0.4 is 5.32 Å². The van der Waals surface area contributed by atoms with Crippen LogP contribution in [0.4, 0.5) is 8.78 Å². The molecule has 0 aliphatic carbocycles. The summed E-state index contributed by atoms with van der Waals surface area (Å²) in [7, 11) is 0. The molecule has 2 nitrogen and oxygen atoms in total. The molecule has 1 heterocycles. The molecule has 18 heavy (non-hydrogen) atoms. The fraction of sp³-hybridized carbons (Fsp3) is 0.571. The zero-order chi connectivity index (χ0) is 13.3. The average molecular weight is 255 g/mol. The Kier molecular flexibility index (Phi) is 3.69. The molecule has 1 aromatic rings. The van der Waals surface area contributed by atoms with E-state index in [2.05, 4.69) is 5.32 Å². The number of hydrogen-bond acceptors (Lipinski definition) is 2. The largest absolute Gasteiger partial charge is 0.385 e. The van der Waals surface area contributed by atoms with E-state index in [4.69, 9.17) is 0 Å². The first-order valence-corrected chi connectivity index (χ1v) is 6.39. The molecule has 1 aliphatic heterocycles. The second-order valence-corrected chi connectivity index (χ2v) is 5.04. The molecule has 0 spiro atoms. The second kappa shape index (κ2) is 4.94. The van der Waals surface area contributed by atoms with Crippen LogP contribution in [0.1, 0.15) is 30.9 Å². The molecule has 0 saturated carbocycles. The van der Waals surface area contributed by atoms with Crippen molar-refractivity contribution in [1.82, 2.24) is 5.32 Å². The zero-order valence-corrected chi connectivity index (χ0v) is 10.8. The molecule has 1 aliphatic rings. The van der Waals surface area contributed by atoms with Crippen LogP contribution in [0.3, 0.4) is 0 Å². The van der Waals surface area contributed by atoms with E-state index < -0.39 is 17.2 Å². The summed E-state index contributed by atoms with van der Waals surface area (Å²) in [5.74, 6) is -1.43. The van der Waals surface area contributed by atoms with E-state index in [9.17, 15) is 13.9 Å². The Morgan fingerprint density at radius 1 is 1.44 bits per heavy atom. The Morgan fingerprint density at radius 3 is 2.83 bits per heavy atom. The SMILES string of the molecule is CCC1CNCCC1(O)c1c(F)ccc(C)c1F. The average Bonchev–Trinajstić information content (AvgIpc) is 2.35. The Bertz CT molecular complexity index is 450. The molecule has 0 radical (unpaired) electrons. The van der Waals surface area contributed by atoms with Gasteiger partial charge in [-0.25, -0.2) is 8.78 Å². The first-order valence-electron chi connectivity index (χ1n) is 6.39. The number of nitrogens with one attached hydrogen (secondary N) is 1. The number of halogens is 2. The highest BCUT2D eigenvalue weighted by atomic mass is 19.1. The number of aryl methyl sites for hydroxylation is 1. The first-order chi connectivity index (χ1) is 8.50. The molecular formula is C14H19F2NO. The molecule has 2 unspecified atom stereocenters. The maximum atomic E-state index is 14.2. The van der Waals surface area contributed by atoms with Crippen molar-refractivity contribution in [1.29, 1.82) is 0 Å². The number of rotatable bonds is 2. The van der Waals surface area contributed by atoms with Gasteiger partial charge in [0.1, 0.15) is 17.2 Å². The van der Waals surface area contributed by atoms with Crippen LogP contribution in [0, 0.1) is 24.5 Å². The third-order valence-corrected chi connectivity index (χ3v) is 3.96. The Hall–Kier alpha value is -1.00. The van der Waals surface area contributed by atoms with Gasteiger partial charge in [0.2, 0.25) is 0 Å². The molecule has 2 rings (SSSR count). The summed E-state index contributed by atoms with van der Waals surface area (Å²) in [5.41, 5.74) is -1.19. The van der Waals surface area contributed by atoms with Gasteiger partial charge in [-0.05, 0) is 37.9 Å². The minimum absolute atomic E-state index is 0.157. The Balaban J connectivity index is 2.54. The molecule has 100 valence electrons. The summed E-state index contributed by atoms with van der Waals surface area (Å²) in [6.07, 6.45) is 1.01. The summed E-state index contributed by atoms with van der Waals surface area (Å²) < 4.78 is 28.1. The standard InChI is InChI=1S/C14H19F2NO/c1-3-10-8-17-7-6-14(10,18)12-11(15)5-4-9(2)13(12)16/h4-5,10,17-18H,3,6-8H2,1-2H3. The predicted octanol–water partition coefficient (Wildman–Crippen LogP) is 2.48. The normalized spacial score (nSPS) is 28.4. The van der Waals surface area contributed by atoms with Crippen molar-refractivity contribution in [2.24, 2.45) is 5.92 Å². The summed E-state index contributed by atoms with van der Waals surface area (Å²) in [6.45, 7) is 4.66. The van der Waals surface area contributed by atoms with Crippen LogP contribution >= 0.6 is 0 Å². The van der Waals surface area contributed by atoms with E-state index in [1.54, 1.807) is 6.92 Å². The molecule has 1 aromatic carbocycles. The second-order valence-electron chi connectivity index (χ2n) is 5.04. The minimum atomic E-state index is -1.40. The van der Waals surface area contributed by atoms with Crippen molar-refractivity contribution in [3.05, 3.63) is 34.9 Å². The van der Waals surface area contributed by atoms with E-state index in [-0.39, 0.29) is 11.5 Å². The minimum Gasteiger partial charge on any atom is -0.385 e. The molecule has 0 bridgehead atoms. The number of piperidine rings is 1. The maximum Gasteiger partial charge on any atom is 0.135 e. The summed E-state index contributed by atoms with van der Waals surface area (Å²) in [4.78, 5) is 0. The lowest BCUT2D eigenvalue weighted by Gasteiger charge is -2.40. The molecule has 0 aromatic heterocycles. The van der Waals surface area contributed by atoms with E-state index in [1.807, 2.05) is 6.92 Å². The third-order valence-electron chi connectivity index (χ3n) is 3.96. The highest BCUT2D eigenvalue weighted by molar-refractivity contribution is 5.32. The van der Waals surface area contributed by atoms with Crippen LogP contribution in [0.15, 0.2) is 12.1 Å².